The SMILES string of the molecule is Cc1ccccc1CC(C)(C)NC(=O)C[C@@H]1CCC[C@H]1N.Cl. The van der Waals surface area contributed by atoms with Crippen LogP contribution in [0, 0.1) is 12.8 Å². The molecule has 1 aromatic carbocycles. The van der Waals surface area contributed by atoms with Crippen LogP contribution in [-0.4, -0.2) is 17.5 Å². The van der Waals surface area contributed by atoms with Gasteiger partial charge in [-0.3, -0.25) is 4.79 Å². The van der Waals surface area contributed by atoms with Gasteiger partial charge in [-0.25, -0.2) is 0 Å². The van der Waals surface area contributed by atoms with Gasteiger partial charge in [-0.1, -0.05) is 30.7 Å². The lowest BCUT2D eigenvalue weighted by Crippen LogP contribution is -2.46. The lowest BCUT2D eigenvalue weighted by atomic mass is 9.91. The Labute approximate surface area is 140 Å². The zero-order chi connectivity index (χ0) is 15.5. The van der Waals surface area contributed by atoms with E-state index in [2.05, 4.69) is 44.3 Å². The third-order valence-corrected chi connectivity index (χ3v) is 4.54. The Kier molecular flexibility index (Phi) is 6.89. The van der Waals surface area contributed by atoms with Crippen LogP contribution < -0.4 is 11.1 Å². The third kappa shape index (κ3) is 5.29. The summed E-state index contributed by atoms with van der Waals surface area (Å²) in [6.45, 7) is 6.29. The topological polar surface area (TPSA) is 55.1 Å². The quantitative estimate of drug-likeness (QED) is 0.872. The average Bonchev–Trinajstić information content (AvgIpc) is 2.77. The highest BCUT2D eigenvalue weighted by Gasteiger charge is 2.28. The zero-order valence-electron chi connectivity index (χ0n) is 13.9. The largest absolute Gasteiger partial charge is 0.351 e. The Morgan fingerprint density at radius 2 is 2.00 bits per heavy atom. The maximum Gasteiger partial charge on any atom is 0.220 e. The van der Waals surface area contributed by atoms with Crippen LogP contribution in [-0.2, 0) is 11.2 Å². The maximum absolute atomic E-state index is 12.3. The molecule has 0 spiro atoms. The molecule has 1 aromatic rings. The molecule has 0 saturated heterocycles. The summed E-state index contributed by atoms with van der Waals surface area (Å²) in [5, 5.41) is 3.18. The first-order valence-corrected chi connectivity index (χ1v) is 7.98. The van der Waals surface area contributed by atoms with Crippen molar-refractivity contribution in [2.24, 2.45) is 11.7 Å². The Morgan fingerprint density at radius 1 is 1.32 bits per heavy atom. The maximum atomic E-state index is 12.3. The number of benzene rings is 1. The third-order valence-electron chi connectivity index (χ3n) is 4.54. The molecule has 1 aliphatic rings. The van der Waals surface area contributed by atoms with Gasteiger partial charge in [0.1, 0.15) is 0 Å². The van der Waals surface area contributed by atoms with E-state index < -0.39 is 0 Å². The van der Waals surface area contributed by atoms with Crippen molar-refractivity contribution >= 4 is 18.3 Å². The molecule has 0 radical (unpaired) electrons. The van der Waals surface area contributed by atoms with Crippen molar-refractivity contribution in [1.82, 2.24) is 5.32 Å². The fourth-order valence-corrected chi connectivity index (χ4v) is 3.31. The van der Waals surface area contributed by atoms with E-state index in [4.69, 9.17) is 5.73 Å². The first-order valence-electron chi connectivity index (χ1n) is 7.98. The van der Waals surface area contributed by atoms with E-state index in [1.807, 2.05) is 6.07 Å². The summed E-state index contributed by atoms with van der Waals surface area (Å²) in [4.78, 5) is 12.3. The molecule has 0 aromatic heterocycles. The van der Waals surface area contributed by atoms with Crippen LogP contribution in [0.3, 0.4) is 0 Å². The van der Waals surface area contributed by atoms with E-state index >= 15 is 0 Å². The summed E-state index contributed by atoms with van der Waals surface area (Å²) >= 11 is 0. The minimum absolute atomic E-state index is 0. The second-order valence-corrected chi connectivity index (χ2v) is 7.09. The number of aryl methyl sites for hydroxylation is 1. The predicted molar refractivity (Wildman–Crippen MR) is 94.3 cm³/mol. The molecule has 4 heteroatoms. The molecule has 3 N–H and O–H groups in total. The van der Waals surface area contributed by atoms with Gasteiger partial charge >= 0.3 is 0 Å². The van der Waals surface area contributed by atoms with Crippen LogP contribution in [0.1, 0.15) is 50.7 Å². The van der Waals surface area contributed by atoms with Gasteiger partial charge in [0.2, 0.25) is 5.91 Å². The molecule has 1 saturated carbocycles. The highest BCUT2D eigenvalue weighted by molar-refractivity contribution is 5.85. The van der Waals surface area contributed by atoms with Crippen molar-refractivity contribution in [1.29, 1.82) is 0 Å². The number of halogens is 1. The Balaban J connectivity index is 0.00000242. The fraction of sp³-hybridized carbons (Fsp3) is 0.611. The van der Waals surface area contributed by atoms with Gasteiger partial charge in [-0.15, -0.1) is 12.4 Å². The van der Waals surface area contributed by atoms with Crippen LogP contribution in [0.15, 0.2) is 24.3 Å². The van der Waals surface area contributed by atoms with Crippen LogP contribution in [0.5, 0.6) is 0 Å². The van der Waals surface area contributed by atoms with Gasteiger partial charge in [0, 0.05) is 18.0 Å². The van der Waals surface area contributed by atoms with Gasteiger partial charge in [0.05, 0.1) is 0 Å². The number of nitrogens with two attached hydrogens (primary N) is 1. The molecule has 0 bridgehead atoms. The van der Waals surface area contributed by atoms with Crippen LogP contribution in [0.2, 0.25) is 0 Å². The van der Waals surface area contributed by atoms with Crippen molar-refractivity contribution in [2.45, 2.75) is 64.5 Å². The van der Waals surface area contributed by atoms with E-state index in [-0.39, 0.29) is 29.9 Å². The molecule has 1 amide bonds. The predicted octanol–water partition coefficient (Wildman–Crippen LogP) is 3.37. The molecule has 124 valence electrons. The van der Waals surface area contributed by atoms with Crippen molar-refractivity contribution in [3.8, 4) is 0 Å². The molecular formula is C18H29ClN2O. The van der Waals surface area contributed by atoms with Gasteiger partial charge in [-0.05, 0) is 57.1 Å². The van der Waals surface area contributed by atoms with E-state index in [1.165, 1.54) is 11.1 Å². The Hall–Kier alpha value is -1.06. The van der Waals surface area contributed by atoms with Gasteiger partial charge in [0.15, 0.2) is 0 Å². The Morgan fingerprint density at radius 3 is 2.59 bits per heavy atom. The molecule has 0 heterocycles. The van der Waals surface area contributed by atoms with Crippen molar-refractivity contribution < 1.29 is 4.79 Å². The van der Waals surface area contributed by atoms with Crippen LogP contribution in [0.25, 0.3) is 0 Å². The number of hydrogen-bond donors (Lipinski definition) is 2. The minimum atomic E-state index is -0.230. The Bertz CT molecular complexity index is 502. The number of amides is 1. The lowest BCUT2D eigenvalue weighted by molar-refractivity contribution is -0.123. The second-order valence-electron chi connectivity index (χ2n) is 7.09. The molecule has 1 aliphatic carbocycles. The molecule has 0 aliphatic heterocycles. The fourth-order valence-electron chi connectivity index (χ4n) is 3.31. The summed E-state index contributed by atoms with van der Waals surface area (Å²) in [6, 6.07) is 8.56. The standard InChI is InChI=1S/C18H28N2O.ClH/c1-13-7-4-5-8-15(13)12-18(2,3)20-17(21)11-14-9-6-10-16(14)19;/h4-5,7-8,14,16H,6,9-12,19H2,1-3H3,(H,20,21);1H/t14-,16+;/m0./s1. The molecule has 1 fully saturated rings. The van der Waals surface area contributed by atoms with Crippen LogP contribution >= 0.6 is 12.4 Å². The zero-order valence-corrected chi connectivity index (χ0v) is 14.7. The van der Waals surface area contributed by atoms with E-state index in [0.717, 1.165) is 25.7 Å². The normalized spacial score (nSPS) is 21.3. The number of rotatable bonds is 5. The van der Waals surface area contributed by atoms with Gasteiger partial charge in [-0.2, -0.15) is 0 Å². The van der Waals surface area contributed by atoms with Gasteiger partial charge < -0.3 is 11.1 Å². The molecule has 22 heavy (non-hydrogen) atoms. The second kappa shape index (κ2) is 7.98. The highest BCUT2D eigenvalue weighted by atomic mass is 35.5. The van der Waals surface area contributed by atoms with Crippen LogP contribution in [0.4, 0.5) is 0 Å². The average molecular weight is 325 g/mol. The van der Waals surface area contributed by atoms with E-state index in [9.17, 15) is 4.79 Å². The highest BCUT2D eigenvalue weighted by Crippen LogP contribution is 2.27. The van der Waals surface area contributed by atoms with E-state index in [0.29, 0.717) is 12.3 Å². The summed E-state index contributed by atoms with van der Waals surface area (Å²) in [6.07, 6.45) is 4.73. The molecule has 2 atom stereocenters. The molecule has 0 unspecified atom stereocenters. The smallest absolute Gasteiger partial charge is 0.220 e. The first-order chi connectivity index (χ1) is 9.87. The molecular weight excluding hydrogens is 296 g/mol. The number of nitrogens with one attached hydrogen (secondary N) is 1. The number of carbonyl (C=O) groups is 1. The summed E-state index contributed by atoms with van der Waals surface area (Å²) in [5.74, 6) is 0.496. The van der Waals surface area contributed by atoms with Gasteiger partial charge in [0.25, 0.3) is 0 Å². The van der Waals surface area contributed by atoms with Crippen molar-refractivity contribution in [2.75, 3.05) is 0 Å². The van der Waals surface area contributed by atoms with Crippen molar-refractivity contribution in [3.63, 3.8) is 0 Å². The number of hydrogen-bond acceptors (Lipinski definition) is 2. The summed E-state index contributed by atoms with van der Waals surface area (Å²) < 4.78 is 0. The first kappa shape index (κ1) is 19.0. The van der Waals surface area contributed by atoms with E-state index in [1.54, 1.807) is 0 Å². The molecule has 2 rings (SSSR count). The van der Waals surface area contributed by atoms with Crippen molar-refractivity contribution in [3.05, 3.63) is 35.4 Å². The lowest BCUT2D eigenvalue weighted by Gasteiger charge is -2.28. The monoisotopic (exact) mass is 324 g/mol. The molecule has 3 nitrogen and oxygen atoms in total. The minimum Gasteiger partial charge on any atom is -0.351 e. The summed E-state index contributed by atoms with van der Waals surface area (Å²) in [7, 11) is 0. The summed E-state index contributed by atoms with van der Waals surface area (Å²) in [5.41, 5.74) is 8.39. The number of carbonyl (C=O) groups excluding carboxylic acids is 1.